The van der Waals surface area contributed by atoms with Crippen molar-refractivity contribution in [1.29, 1.82) is 0 Å². The molecule has 0 atom stereocenters. The molecule has 0 bridgehead atoms. The molecule has 0 spiro atoms. The Bertz CT molecular complexity index is 270. The zero-order valence-electron chi connectivity index (χ0n) is 6.71. The second kappa shape index (κ2) is 2.57. The maximum Gasteiger partial charge on any atom is 0.0252 e. The minimum absolute atomic E-state index is 1.23. The third-order valence-corrected chi connectivity index (χ3v) is 2.43. The Hall–Kier alpha value is -0.980. The van der Waals surface area contributed by atoms with E-state index in [-0.39, 0.29) is 0 Å². The summed E-state index contributed by atoms with van der Waals surface area (Å²) in [6.07, 6.45) is 9.19. The summed E-state index contributed by atoms with van der Waals surface area (Å²) in [6.45, 7) is 3.77. The van der Waals surface area contributed by atoms with Crippen molar-refractivity contribution in [2.45, 2.75) is 25.7 Å². The third kappa shape index (κ3) is 1.01. The molecule has 1 heteroatoms. The molecule has 1 aliphatic rings. The van der Waals surface area contributed by atoms with Crippen LogP contribution in [0.3, 0.4) is 0 Å². The molecule has 0 saturated carbocycles. The van der Waals surface area contributed by atoms with E-state index < -0.39 is 0 Å². The fourth-order valence-electron chi connectivity index (χ4n) is 1.82. The first-order chi connectivity index (χ1) is 5.42. The van der Waals surface area contributed by atoms with Crippen molar-refractivity contribution in [3.05, 3.63) is 30.1 Å². The fourth-order valence-corrected chi connectivity index (χ4v) is 1.82. The van der Waals surface area contributed by atoms with Crippen molar-refractivity contribution in [2.75, 3.05) is 0 Å². The molecule has 58 valence electrons. The van der Waals surface area contributed by atoms with Gasteiger partial charge in [-0.05, 0) is 37.3 Å². The van der Waals surface area contributed by atoms with Crippen LogP contribution in [0, 0.1) is 0 Å². The minimum atomic E-state index is 1.23. The summed E-state index contributed by atoms with van der Waals surface area (Å²) in [5, 5.41) is 0. The summed E-state index contributed by atoms with van der Waals surface area (Å²) in [7, 11) is 0. The lowest BCUT2D eigenvalue weighted by molar-refractivity contribution is 0.667. The van der Waals surface area contributed by atoms with Gasteiger partial charge in [-0.2, -0.15) is 0 Å². The number of rotatable bonds is 1. The summed E-state index contributed by atoms with van der Waals surface area (Å²) < 4.78 is 2.15. The smallest absolute Gasteiger partial charge is 0.0252 e. The van der Waals surface area contributed by atoms with Crippen LogP contribution in [0.5, 0.6) is 0 Å². The van der Waals surface area contributed by atoms with Crippen LogP contribution >= 0.6 is 0 Å². The first-order valence-corrected chi connectivity index (χ1v) is 4.23. The van der Waals surface area contributed by atoms with Gasteiger partial charge in [-0.15, -0.1) is 0 Å². The molecular weight excluding hydrogens is 134 g/mol. The summed E-state index contributed by atoms with van der Waals surface area (Å²) in [5.41, 5.74) is 3.00. The molecule has 0 fully saturated rings. The Morgan fingerprint density at radius 1 is 1.36 bits per heavy atom. The lowest BCUT2D eigenvalue weighted by Gasteiger charge is -2.12. The molecule has 1 aliphatic carbocycles. The first kappa shape index (κ1) is 6.71. The van der Waals surface area contributed by atoms with E-state index >= 15 is 0 Å². The van der Waals surface area contributed by atoms with E-state index in [0.717, 1.165) is 0 Å². The van der Waals surface area contributed by atoms with Crippen LogP contribution in [0.4, 0.5) is 0 Å². The first-order valence-electron chi connectivity index (χ1n) is 4.23. The summed E-state index contributed by atoms with van der Waals surface area (Å²) >= 11 is 0. The highest BCUT2D eigenvalue weighted by Gasteiger charge is 2.11. The molecule has 1 heterocycles. The van der Waals surface area contributed by atoms with E-state index in [2.05, 4.69) is 23.4 Å². The highest BCUT2D eigenvalue weighted by molar-refractivity contribution is 5.33. The second-order valence-electron chi connectivity index (χ2n) is 3.08. The lowest BCUT2D eigenvalue weighted by Crippen LogP contribution is -2.03. The fraction of sp³-hybridized carbons (Fsp3) is 0.400. The van der Waals surface area contributed by atoms with E-state index in [1.807, 2.05) is 6.20 Å². The van der Waals surface area contributed by atoms with Gasteiger partial charge in [0.05, 0.1) is 0 Å². The van der Waals surface area contributed by atoms with Gasteiger partial charge in [-0.1, -0.05) is 6.58 Å². The standard InChI is InChI=1S/C10H13N/c1-2-11-8-7-9-5-3-4-6-10(9)11/h2,7-8H,1,3-6H2. The van der Waals surface area contributed by atoms with Crippen LogP contribution in [0.2, 0.25) is 0 Å². The van der Waals surface area contributed by atoms with Gasteiger partial charge in [0.25, 0.3) is 0 Å². The molecule has 0 unspecified atom stereocenters. The monoisotopic (exact) mass is 147 g/mol. The zero-order chi connectivity index (χ0) is 7.68. The van der Waals surface area contributed by atoms with E-state index in [4.69, 9.17) is 0 Å². The molecule has 11 heavy (non-hydrogen) atoms. The van der Waals surface area contributed by atoms with Gasteiger partial charge in [-0.3, -0.25) is 0 Å². The average molecular weight is 147 g/mol. The maximum atomic E-state index is 3.77. The summed E-state index contributed by atoms with van der Waals surface area (Å²) in [5.74, 6) is 0. The van der Waals surface area contributed by atoms with Gasteiger partial charge in [0.2, 0.25) is 0 Å². The number of nitrogens with zero attached hydrogens (tertiary/aromatic N) is 1. The molecule has 0 amide bonds. The number of aryl methyl sites for hydroxylation is 1. The Balaban J connectivity index is 2.45. The number of hydrogen-bond acceptors (Lipinski definition) is 0. The lowest BCUT2D eigenvalue weighted by atomic mass is 9.98. The van der Waals surface area contributed by atoms with E-state index in [1.54, 1.807) is 0 Å². The summed E-state index contributed by atoms with van der Waals surface area (Å²) in [6, 6.07) is 2.22. The molecule has 1 aromatic rings. The Kier molecular flexibility index (Phi) is 1.57. The SMILES string of the molecule is C=Cn1ccc2c1CCCC2. The van der Waals surface area contributed by atoms with Crippen LogP contribution in [0.1, 0.15) is 24.1 Å². The molecule has 0 radical (unpaired) electrons. The van der Waals surface area contributed by atoms with Crippen molar-refractivity contribution < 1.29 is 0 Å². The minimum Gasteiger partial charge on any atom is -0.328 e. The Labute approximate surface area is 67.3 Å². The van der Waals surface area contributed by atoms with Gasteiger partial charge >= 0.3 is 0 Å². The highest BCUT2D eigenvalue weighted by Crippen LogP contribution is 2.21. The van der Waals surface area contributed by atoms with Gasteiger partial charge in [0.15, 0.2) is 0 Å². The number of aromatic nitrogens is 1. The normalized spacial score (nSPS) is 16.0. The van der Waals surface area contributed by atoms with Gasteiger partial charge in [0.1, 0.15) is 0 Å². The molecule has 2 rings (SSSR count). The second-order valence-corrected chi connectivity index (χ2v) is 3.08. The van der Waals surface area contributed by atoms with Crippen LogP contribution in [-0.2, 0) is 12.8 Å². The molecule has 1 aromatic heterocycles. The highest BCUT2D eigenvalue weighted by atomic mass is 14.9. The molecule has 0 aromatic carbocycles. The Morgan fingerprint density at radius 2 is 2.18 bits per heavy atom. The molecule has 0 aliphatic heterocycles. The van der Waals surface area contributed by atoms with Crippen molar-refractivity contribution in [3.63, 3.8) is 0 Å². The third-order valence-electron chi connectivity index (χ3n) is 2.43. The van der Waals surface area contributed by atoms with Gasteiger partial charge < -0.3 is 4.57 Å². The van der Waals surface area contributed by atoms with E-state index in [0.29, 0.717) is 0 Å². The quantitative estimate of drug-likeness (QED) is 0.575. The van der Waals surface area contributed by atoms with Crippen LogP contribution in [0.25, 0.3) is 6.20 Å². The van der Waals surface area contributed by atoms with Crippen molar-refractivity contribution in [2.24, 2.45) is 0 Å². The van der Waals surface area contributed by atoms with Crippen molar-refractivity contribution in [1.82, 2.24) is 4.57 Å². The topological polar surface area (TPSA) is 4.93 Å². The molecule has 0 saturated heterocycles. The molecular formula is C10H13N. The van der Waals surface area contributed by atoms with E-state index in [9.17, 15) is 0 Å². The number of fused-ring (bicyclic) bond motifs is 1. The van der Waals surface area contributed by atoms with E-state index in [1.165, 1.54) is 36.9 Å². The summed E-state index contributed by atoms with van der Waals surface area (Å²) in [4.78, 5) is 0. The number of hydrogen-bond donors (Lipinski definition) is 0. The predicted molar refractivity (Wildman–Crippen MR) is 47.5 cm³/mol. The van der Waals surface area contributed by atoms with Crippen molar-refractivity contribution in [3.8, 4) is 0 Å². The van der Waals surface area contributed by atoms with Crippen LogP contribution in [-0.4, -0.2) is 4.57 Å². The van der Waals surface area contributed by atoms with Crippen LogP contribution in [0.15, 0.2) is 18.8 Å². The maximum absolute atomic E-state index is 3.77. The predicted octanol–water partition coefficient (Wildman–Crippen LogP) is 2.47. The zero-order valence-corrected chi connectivity index (χ0v) is 6.71. The Morgan fingerprint density at radius 3 is 3.00 bits per heavy atom. The largest absolute Gasteiger partial charge is 0.328 e. The van der Waals surface area contributed by atoms with Crippen LogP contribution < -0.4 is 0 Å². The van der Waals surface area contributed by atoms with Gasteiger partial charge in [0, 0.05) is 18.1 Å². The van der Waals surface area contributed by atoms with Crippen molar-refractivity contribution >= 4 is 6.20 Å². The molecule has 0 N–H and O–H groups in total. The van der Waals surface area contributed by atoms with Gasteiger partial charge in [-0.25, -0.2) is 0 Å². The average Bonchev–Trinajstić information content (AvgIpc) is 2.47. The molecule has 1 nitrogen and oxygen atoms in total.